The van der Waals surface area contributed by atoms with Gasteiger partial charge in [-0.05, 0) is 25.6 Å². The lowest BCUT2D eigenvalue weighted by Crippen LogP contribution is -2.18. The van der Waals surface area contributed by atoms with Crippen molar-refractivity contribution >= 4 is 0 Å². The Morgan fingerprint density at radius 1 is 1.35 bits per heavy atom. The van der Waals surface area contributed by atoms with E-state index in [9.17, 15) is 4.39 Å². The fourth-order valence-corrected chi connectivity index (χ4v) is 1.89. The van der Waals surface area contributed by atoms with Gasteiger partial charge < -0.3 is 5.32 Å². The lowest BCUT2D eigenvalue weighted by molar-refractivity contribution is 0.608. The molecule has 1 N–H and O–H groups in total. The van der Waals surface area contributed by atoms with Crippen molar-refractivity contribution in [1.82, 2.24) is 20.1 Å². The SMILES string of the molecule is CNC(c1cncc(F)c1)c1cnn(C)c1C. The third-order valence-electron chi connectivity index (χ3n) is 2.93. The molecule has 1 unspecified atom stereocenters. The van der Waals surface area contributed by atoms with Crippen molar-refractivity contribution in [3.63, 3.8) is 0 Å². The maximum Gasteiger partial charge on any atom is 0.141 e. The van der Waals surface area contributed by atoms with E-state index in [1.54, 1.807) is 17.1 Å². The smallest absolute Gasteiger partial charge is 0.141 e. The Morgan fingerprint density at radius 2 is 2.12 bits per heavy atom. The average molecular weight is 234 g/mol. The number of rotatable bonds is 3. The van der Waals surface area contributed by atoms with Gasteiger partial charge in [-0.1, -0.05) is 0 Å². The maximum absolute atomic E-state index is 13.2. The van der Waals surface area contributed by atoms with Crippen LogP contribution >= 0.6 is 0 Å². The Morgan fingerprint density at radius 3 is 2.65 bits per heavy atom. The van der Waals surface area contributed by atoms with Crippen LogP contribution < -0.4 is 5.32 Å². The molecule has 17 heavy (non-hydrogen) atoms. The lowest BCUT2D eigenvalue weighted by atomic mass is 10.0. The molecule has 90 valence electrons. The van der Waals surface area contributed by atoms with Gasteiger partial charge in [0.15, 0.2) is 0 Å². The molecule has 0 bridgehead atoms. The Labute approximate surface area is 99.5 Å². The highest BCUT2D eigenvalue weighted by atomic mass is 19.1. The van der Waals surface area contributed by atoms with Gasteiger partial charge in [-0.3, -0.25) is 9.67 Å². The lowest BCUT2D eigenvalue weighted by Gasteiger charge is -2.16. The minimum atomic E-state index is -0.329. The fourth-order valence-electron chi connectivity index (χ4n) is 1.89. The molecular weight excluding hydrogens is 219 g/mol. The van der Waals surface area contributed by atoms with Crippen molar-refractivity contribution < 1.29 is 4.39 Å². The van der Waals surface area contributed by atoms with Gasteiger partial charge in [-0.15, -0.1) is 0 Å². The summed E-state index contributed by atoms with van der Waals surface area (Å²) in [5.74, 6) is -0.329. The molecule has 0 fully saturated rings. The van der Waals surface area contributed by atoms with E-state index in [1.807, 2.05) is 21.0 Å². The predicted molar refractivity (Wildman–Crippen MR) is 63.0 cm³/mol. The molecule has 2 heterocycles. The van der Waals surface area contributed by atoms with Crippen LogP contribution in [0.25, 0.3) is 0 Å². The van der Waals surface area contributed by atoms with Gasteiger partial charge in [0, 0.05) is 24.5 Å². The van der Waals surface area contributed by atoms with Crippen molar-refractivity contribution in [3.8, 4) is 0 Å². The van der Waals surface area contributed by atoms with Crippen LogP contribution in [0.1, 0.15) is 22.9 Å². The number of hydrogen-bond acceptors (Lipinski definition) is 3. The summed E-state index contributed by atoms with van der Waals surface area (Å²) < 4.78 is 15.0. The van der Waals surface area contributed by atoms with Crippen molar-refractivity contribution in [2.24, 2.45) is 7.05 Å². The first-order valence-electron chi connectivity index (χ1n) is 5.39. The van der Waals surface area contributed by atoms with E-state index >= 15 is 0 Å². The van der Waals surface area contributed by atoms with Crippen molar-refractivity contribution in [2.45, 2.75) is 13.0 Å². The van der Waals surface area contributed by atoms with Gasteiger partial charge in [0.1, 0.15) is 5.82 Å². The van der Waals surface area contributed by atoms with E-state index in [0.29, 0.717) is 0 Å². The summed E-state index contributed by atoms with van der Waals surface area (Å²) in [6.07, 6.45) is 4.66. The molecule has 5 heteroatoms. The Kier molecular flexibility index (Phi) is 3.19. The van der Waals surface area contributed by atoms with Crippen molar-refractivity contribution in [1.29, 1.82) is 0 Å². The van der Waals surface area contributed by atoms with Crippen molar-refractivity contribution in [2.75, 3.05) is 7.05 Å². The summed E-state index contributed by atoms with van der Waals surface area (Å²) in [6.45, 7) is 1.99. The summed E-state index contributed by atoms with van der Waals surface area (Å²) in [6, 6.07) is 1.40. The predicted octanol–water partition coefficient (Wildman–Crippen LogP) is 1.57. The number of nitrogens with one attached hydrogen (secondary N) is 1. The molecule has 0 aliphatic heterocycles. The number of pyridine rings is 1. The van der Waals surface area contributed by atoms with Crippen molar-refractivity contribution in [3.05, 3.63) is 47.3 Å². The Bertz CT molecular complexity index is 521. The molecule has 0 spiro atoms. The zero-order valence-corrected chi connectivity index (χ0v) is 10.1. The summed E-state index contributed by atoms with van der Waals surface area (Å²) in [4.78, 5) is 3.87. The number of aromatic nitrogens is 3. The van der Waals surface area contributed by atoms with Crippen LogP contribution in [0, 0.1) is 12.7 Å². The topological polar surface area (TPSA) is 42.7 Å². The normalized spacial score (nSPS) is 12.7. The highest BCUT2D eigenvalue weighted by Crippen LogP contribution is 2.23. The average Bonchev–Trinajstić information content (AvgIpc) is 2.63. The first kappa shape index (κ1) is 11.7. The first-order chi connectivity index (χ1) is 8.13. The molecule has 0 saturated heterocycles. The van der Waals surface area contributed by atoms with Crippen LogP contribution in [0.2, 0.25) is 0 Å². The molecule has 0 aliphatic rings. The van der Waals surface area contributed by atoms with Crippen LogP contribution in [-0.4, -0.2) is 21.8 Å². The largest absolute Gasteiger partial charge is 0.309 e. The van der Waals surface area contributed by atoms with E-state index in [1.165, 1.54) is 12.3 Å². The second-order valence-corrected chi connectivity index (χ2v) is 3.97. The number of nitrogens with zero attached hydrogens (tertiary/aromatic N) is 3. The van der Waals surface area contributed by atoms with Crippen LogP contribution in [0.3, 0.4) is 0 Å². The highest BCUT2D eigenvalue weighted by Gasteiger charge is 2.17. The highest BCUT2D eigenvalue weighted by molar-refractivity contribution is 5.31. The van der Waals surface area contributed by atoms with E-state index < -0.39 is 0 Å². The molecule has 0 radical (unpaired) electrons. The quantitative estimate of drug-likeness (QED) is 0.876. The van der Waals surface area contributed by atoms with E-state index in [2.05, 4.69) is 15.4 Å². The minimum absolute atomic E-state index is 0.0908. The van der Waals surface area contributed by atoms with Crippen LogP contribution in [-0.2, 0) is 7.05 Å². The monoisotopic (exact) mass is 234 g/mol. The summed E-state index contributed by atoms with van der Waals surface area (Å²) >= 11 is 0. The second-order valence-electron chi connectivity index (χ2n) is 3.97. The molecule has 2 rings (SSSR count). The standard InChI is InChI=1S/C12H15FN4/c1-8-11(7-16-17(8)3)12(14-2)9-4-10(13)6-15-5-9/h4-7,12,14H,1-3H3. The molecule has 2 aromatic heterocycles. The minimum Gasteiger partial charge on any atom is -0.309 e. The summed E-state index contributed by atoms with van der Waals surface area (Å²) in [5.41, 5.74) is 2.87. The van der Waals surface area contributed by atoms with Crippen LogP contribution in [0.15, 0.2) is 24.7 Å². The van der Waals surface area contributed by atoms with Gasteiger partial charge in [0.25, 0.3) is 0 Å². The molecule has 1 atom stereocenters. The van der Waals surface area contributed by atoms with E-state index in [0.717, 1.165) is 16.8 Å². The van der Waals surface area contributed by atoms with Gasteiger partial charge in [-0.2, -0.15) is 5.10 Å². The third kappa shape index (κ3) is 2.19. The van der Waals surface area contributed by atoms with Gasteiger partial charge in [-0.25, -0.2) is 4.39 Å². The fraction of sp³-hybridized carbons (Fsp3) is 0.333. The van der Waals surface area contributed by atoms with Crippen LogP contribution in [0.4, 0.5) is 4.39 Å². The number of aryl methyl sites for hydroxylation is 1. The molecule has 0 saturated carbocycles. The first-order valence-corrected chi connectivity index (χ1v) is 5.39. The second kappa shape index (κ2) is 4.63. The van der Waals surface area contributed by atoms with E-state index in [4.69, 9.17) is 0 Å². The van der Waals surface area contributed by atoms with Gasteiger partial charge >= 0.3 is 0 Å². The molecule has 0 amide bonds. The third-order valence-corrected chi connectivity index (χ3v) is 2.93. The van der Waals surface area contributed by atoms with E-state index in [-0.39, 0.29) is 11.9 Å². The number of hydrogen-bond donors (Lipinski definition) is 1. The zero-order valence-electron chi connectivity index (χ0n) is 10.1. The number of halogens is 1. The zero-order chi connectivity index (χ0) is 12.4. The van der Waals surface area contributed by atoms with Gasteiger partial charge in [0.2, 0.25) is 0 Å². The molecule has 2 aromatic rings. The maximum atomic E-state index is 13.2. The summed E-state index contributed by atoms with van der Waals surface area (Å²) in [7, 11) is 3.72. The summed E-state index contributed by atoms with van der Waals surface area (Å²) in [5, 5.41) is 7.35. The molecule has 0 aromatic carbocycles. The Balaban J connectivity index is 2.44. The molecule has 4 nitrogen and oxygen atoms in total. The Hall–Kier alpha value is -1.75. The van der Waals surface area contributed by atoms with Crippen LogP contribution in [0.5, 0.6) is 0 Å². The molecule has 0 aliphatic carbocycles. The molecular formula is C12H15FN4. The van der Waals surface area contributed by atoms with Gasteiger partial charge in [0.05, 0.1) is 18.4 Å².